The number of rotatable bonds is 12. The SMILES string of the molecule is CCOc1cc(SN(CC(O)C(Cc2ccc(O)cc2)NC(=O)OC2COC3OCC[C@@H]23)C(C)C)ccc1C. The summed E-state index contributed by atoms with van der Waals surface area (Å²) in [5, 5.41) is 24.0. The summed E-state index contributed by atoms with van der Waals surface area (Å²) in [6.45, 7) is 9.88. The number of aliphatic hydroxyl groups excluding tert-OH is 1. The van der Waals surface area contributed by atoms with Crippen LogP contribution in [0.3, 0.4) is 0 Å². The van der Waals surface area contributed by atoms with Gasteiger partial charge in [-0.15, -0.1) is 0 Å². The smallest absolute Gasteiger partial charge is 0.407 e. The lowest BCUT2D eigenvalue weighted by Crippen LogP contribution is -2.50. The zero-order valence-corrected chi connectivity index (χ0v) is 23.9. The second-order valence-corrected chi connectivity index (χ2v) is 11.4. The largest absolute Gasteiger partial charge is 0.508 e. The van der Waals surface area contributed by atoms with Crippen molar-refractivity contribution >= 4 is 18.0 Å². The predicted molar refractivity (Wildman–Crippen MR) is 149 cm³/mol. The Balaban J connectivity index is 1.45. The molecule has 2 aliphatic rings. The molecule has 2 heterocycles. The Hall–Kier alpha value is -2.50. The first kappa shape index (κ1) is 29.5. The number of phenols is 1. The third-order valence-electron chi connectivity index (χ3n) is 7.03. The van der Waals surface area contributed by atoms with E-state index >= 15 is 0 Å². The van der Waals surface area contributed by atoms with Crippen LogP contribution in [0.1, 0.15) is 38.3 Å². The van der Waals surface area contributed by atoms with E-state index in [4.69, 9.17) is 18.9 Å². The highest BCUT2D eigenvalue weighted by molar-refractivity contribution is 7.97. The first-order valence-corrected chi connectivity index (χ1v) is 14.3. The zero-order chi connectivity index (χ0) is 27.9. The number of hydrogen-bond acceptors (Lipinski definition) is 9. The van der Waals surface area contributed by atoms with E-state index in [1.165, 1.54) is 0 Å². The number of hydrogen-bond donors (Lipinski definition) is 3. The maximum atomic E-state index is 13.0. The fourth-order valence-electron chi connectivity index (χ4n) is 4.79. The van der Waals surface area contributed by atoms with Gasteiger partial charge in [-0.2, -0.15) is 0 Å². The molecule has 0 spiro atoms. The minimum absolute atomic E-state index is 0.0279. The molecule has 214 valence electrons. The molecular formula is C29H40N2O7S. The van der Waals surface area contributed by atoms with E-state index in [2.05, 4.69) is 23.5 Å². The number of phenolic OH excluding ortho intramolecular Hbond substituents is 1. The van der Waals surface area contributed by atoms with Gasteiger partial charge in [-0.3, -0.25) is 0 Å². The normalized spacial score (nSPS) is 22.1. The summed E-state index contributed by atoms with van der Waals surface area (Å²) >= 11 is 1.54. The Morgan fingerprint density at radius 3 is 2.69 bits per heavy atom. The van der Waals surface area contributed by atoms with E-state index in [0.717, 1.165) is 28.2 Å². The van der Waals surface area contributed by atoms with Crippen molar-refractivity contribution in [2.24, 2.45) is 5.92 Å². The van der Waals surface area contributed by atoms with Crippen LogP contribution in [0.5, 0.6) is 11.5 Å². The average molecular weight is 561 g/mol. The molecule has 0 aliphatic carbocycles. The van der Waals surface area contributed by atoms with Crippen molar-refractivity contribution in [1.82, 2.24) is 9.62 Å². The number of ether oxygens (including phenoxy) is 4. The monoisotopic (exact) mass is 560 g/mol. The van der Waals surface area contributed by atoms with Crippen LogP contribution in [0.15, 0.2) is 47.4 Å². The first-order valence-electron chi connectivity index (χ1n) is 13.6. The molecular weight excluding hydrogens is 520 g/mol. The van der Waals surface area contributed by atoms with E-state index in [0.29, 0.717) is 32.8 Å². The molecule has 5 atom stereocenters. The summed E-state index contributed by atoms with van der Waals surface area (Å²) in [6, 6.07) is 12.3. The molecule has 0 radical (unpaired) electrons. The molecule has 10 heteroatoms. The van der Waals surface area contributed by atoms with Gasteiger partial charge in [0, 0.05) is 17.5 Å². The van der Waals surface area contributed by atoms with Crippen molar-refractivity contribution in [3.05, 3.63) is 53.6 Å². The molecule has 1 amide bonds. The van der Waals surface area contributed by atoms with Crippen LogP contribution in [0.4, 0.5) is 4.79 Å². The fourth-order valence-corrected chi connectivity index (χ4v) is 5.79. The Labute approximate surface area is 234 Å². The molecule has 0 bridgehead atoms. The van der Waals surface area contributed by atoms with Gasteiger partial charge in [0.25, 0.3) is 0 Å². The standard InChI is InChI=1S/C29H40N2O7S/c1-5-35-26-15-22(11-6-19(26)4)39-31(18(2)3)16-25(33)24(14-20-7-9-21(32)10-8-20)30-29(34)38-27-17-37-28-23(27)12-13-36-28/h6-11,15,18,23-25,27-28,32-33H,5,12-14,16-17H2,1-4H3,(H,30,34)/t23-,24?,25?,27?,28?/m0/s1. The van der Waals surface area contributed by atoms with E-state index in [1.54, 1.807) is 36.2 Å². The van der Waals surface area contributed by atoms with Crippen molar-refractivity contribution in [2.75, 3.05) is 26.4 Å². The summed E-state index contributed by atoms with van der Waals surface area (Å²) in [4.78, 5) is 14.0. The topological polar surface area (TPSA) is 110 Å². The van der Waals surface area contributed by atoms with Gasteiger partial charge in [-0.05, 0) is 87.9 Å². The molecule has 4 unspecified atom stereocenters. The minimum atomic E-state index is -0.902. The zero-order valence-electron chi connectivity index (χ0n) is 23.0. The molecule has 2 saturated heterocycles. The Kier molecular flexibility index (Phi) is 10.4. The van der Waals surface area contributed by atoms with Crippen LogP contribution in [-0.4, -0.2) is 77.6 Å². The Morgan fingerprint density at radius 2 is 1.97 bits per heavy atom. The van der Waals surface area contributed by atoms with Gasteiger partial charge in [0.15, 0.2) is 6.29 Å². The quantitative estimate of drug-likeness (QED) is 0.328. The summed E-state index contributed by atoms with van der Waals surface area (Å²) < 4.78 is 24.7. The van der Waals surface area contributed by atoms with Crippen LogP contribution in [-0.2, 0) is 20.6 Å². The Bertz CT molecular complexity index is 1080. The number of carbonyl (C=O) groups is 1. The third kappa shape index (κ3) is 8.02. The highest BCUT2D eigenvalue weighted by atomic mass is 32.2. The molecule has 3 N–H and O–H groups in total. The molecule has 0 saturated carbocycles. The summed E-state index contributed by atoms with van der Waals surface area (Å²) in [5.74, 6) is 1.03. The lowest BCUT2D eigenvalue weighted by Gasteiger charge is -2.32. The highest BCUT2D eigenvalue weighted by Crippen LogP contribution is 2.33. The van der Waals surface area contributed by atoms with E-state index in [-0.39, 0.29) is 30.1 Å². The molecule has 2 fully saturated rings. The van der Waals surface area contributed by atoms with Gasteiger partial charge in [0.05, 0.1) is 37.9 Å². The van der Waals surface area contributed by atoms with E-state index in [1.807, 2.05) is 32.0 Å². The molecule has 2 aliphatic heterocycles. The van der Waals surface area contributed by atoms with Crippen LogP contribution < -0.4 is 10.1 Å². The minimum Gasteiger partial charge on any atom is -0.508 e. The molecule has 4 rings (SSSR count). The number of fused-ring (bicyclic) bond motifs is 1. The van der Waals surface area contributed by atoms with Crippen molar-refractivity contribution in [3.63, 3.8) is 0 Å². The second kappa shape index (κ2) is 13.7. The number of aliphatic hydroxyl groups is 1. The second-order valence-electron chi connectivity index (χ2n) is 10.3. The number of benzene rings is 2. The van der Waals surface area contributed by atoms with E-state index < -0.39 is 18.2 Å². The number of amides is 1. The van der Waals surface area contributed by atoms with Gasteiger partial charge < -0.3 is 34.5 Å². The van der Waals surface area contributed by atoms with Crippen molar-refractivity contribution in [2.45, 2.75) is 76.0 Å². The number of carbonyl (C=O) groups excluding carboxylic acids is 1. The summed E-state index contributed by atoms with van der Waals surface area (Å²) in [5.41, 5.74) is 1.94. The fraction of sp³-hybridized carbons (Fsp3) is 0.552. The molecule has 9 nitrogen and oxygen atoms in total. The summed E-state index contributed by atoms with van der Waals surface area (Å²) in [7, 11) is 0. The number of alkyl carbamates (subject to hydrolysis) is 1. The molecule has 2 aromatic carbocycles. The lowest BCUT2D eigenvalue weighted by molar-refractivity contribution is -0.0907. The van der Waals surface area contributed by atoms with Gasteiger partial charge in [-0.1, -0.05) is 18.2 Å². The summed E-state index contributed by atoms with van der Waals surface area (Å²) in [6.07, 6.45) is -1.05. The Morgan fingerprint density at radius 1 is 1.21 bits per heavy atom. The average Bonchev–Trinajstić information content (AvgIpc) is 3.52. The molecule has 2 aromatic rings. The van der Waals surface area contributed by atoms with E-state index in [9.17, 15) is 15.0 Å². The third-order valence-corrected chi connectivity index (χ3v) is 8.30. The molecule has 0 aromatic heterocycles. The first-order chi connectivity index (χ1) is 18.7. The van der Waals surface area contributed by atoms with Gasteiger partial charge in [0.2, 0.25) is 0 Å². The predicted octanol–water partition coefficient (Wildman–Crippen LogP) is 4.28. The molecule has 39 heavy (non-hydrogen) atoms. The maximum absolute atomic E-state index is 13.0. The van der Waals surface area contributed by atoms with Crippen molar-refractivity contribution in [3.8, 4) is 11.5 Å². The number of nitrogens with one attached hydrogen (secondary N) is 1. The van der Waals surface area contributed by atoms with Gasteiger partial charge in [0.1, 0.15) is 17.6 Å². The van der Waals surface area contributed by atoms with Crippen molar-refractivity contribution < 1.29 is 34.0 Å². The van der Waals surface area contributed by atoms with Gasteiger partial charge >= 0.3 is 6.09 Å². The maximum Gasteiger partial charge on any atom is 0.407 e. The van der Waals surface area contributed by atoms with Crippen LogP contribution >= 0.6 is 11.9 Å². The number of aromatic hydroxyl groups is 1. The number of nitrogens with zero attached hydrogens (tertiary/aromatic N) is 1. The highest BCUT2D eigenvalue weighted by Gasteiger charge is 2.44. The number of aryl methyl sites for hydroxylation is 1. The van der Waals surface area contributed by atoms with Gasteiger partial charge in [-0.25, -0.2) is 9.10 Å². The lowest BCUT2D eigenvalue weighted by atomic mass is 10.0. The van der Waals surface area contributed by atoms with Crippen LogP contribution in [0.2, 0.25) is 0 Å². The van der Waals surface area contributed by atoms with Crippen LogP contribution in [0, 0.1) is 12.8 Å². The van der Waals surface area contributed by atoms with Crippen molar-refractivity contribution in [1.29, 1.82) is 0 Å². The van der Waals surface area contributed by atoms with Crippen LogP contribution in [0.25, 0.3) is 0 Å².